The Morgan fingerprint density at radius 1 is 1.37 bits per heavy atom. The minimum absolute atomic E-state index is 0.105. The number of likely N-dealkylation sites (tertiary alicyclic amines) is 1. The maximum Gasteiger partial charge on any atom is 0.143 e. The van der Waals surface area contributed by atoms with Gasteiger partial charge in [-0.25, -0.2) is 4.39 Å². The Kier molecular flexibility index (Phi) is 4.75. The van der Waals surface area contributed by atoms with Crippen LogP contribution in [0, 0.1) is 17.1 Å². The first-order chi connectivity index (χ1) is 9.22. The monoisotopic (exact) mass is 261 g/mol. The van der Waals surface area contributed by atoms with Crippen LogP contribution in [-0.2, 0) is 0 Å². The van der Waals surface area contributed by atoms with E-state index in [2.05, 4.69) is 17.1 Å². The van der Waals surface area contributed by atoms with Gasteiger partial charge in [-0.2, -0.15) is 5.26 Å². The molecule has 1 unspecified atom stereocenters. The zero-order valence-corrected chi connectivity index (χ0v) is 11.3. The Morgan fingerprint density at radius 2 is 2.11 bits per heavy atom. The van der Waals surface area contributed by atoms with Crippen molar-refractivity contribution in [1.29, 1.82) is 5.26 Å². The molecule has 1 atom stereocenters. The van der Waals surface area contributed by atoms with Gasteiger partial charge in [0.05, 0.1) is 5.69 Å². The van der Waals surface area contributed by atoms with Gasteiger partial charge < -0.3 is 5.32 Å². The third kappa shape index (κ3) is 3.45. The second-order valence-corrected chi connectivity index (χ2v) is 5.10. The average Bonchev–Trinajstić information content (AvgIpc) is 2.45. The van der Waals surface area contributed by atoms with Crippen molar-refractivity contribution >= 4 is 5.69 Å². The molecule has 102 valence electrons. The van der Waals surface area contributed by atoms with E-state index < -0.39 is 5.82 Å². The first-order valence-corrected chi connectivity index (χ1v) is 6.89. The lowest BCUT2D eigenvalue weighted by Crippen LogP contribution is -2.41. The summed E-state index contributed by atoms with van der Waals surface area (Å²) in [7, 11) is 0. The SMILES string of the molecule is CC(CNc1cccc(F)c1C#N)N1CCCCC1. The van der Waals surface area contributed by atoms with Crippen molar-refractivity contribution in [2.24, 2.45) is 0 Å². The summed E-state index contributed by atoms with van der Waals surface area (Å²) in [5.41, 5.74) is 0.694. The first-order valence-electron chi connectivity index (χ1n) is 6.89. The van der Waals surface area contributed by atoms with Crippen LogP contribution in [0.4, 0.5) is 10.1 Å². The largest absolute Gasteiger partial charge is 0.382 e. The molecule has 0 aliphatic carbocycles. The van der Waals surface area contributed by atoms with Gasteiger partial charge in [0, 0.05) is 12.6 Å². The van der Waals surface area contributed by atoms with Gasteiger partial charge in [0.1, 0.15) is 17.4 Å². The fourth-order valence-electron chi connectivity index (χ4n) is 2.53. The highest BCUT2D eigenvalue weighted by atomic mass is 19.1. The van der Waals surface area contributed by atoms with Crippen LogP contribution in [0.3, 0.4) is 0 Å². The number of halogens is 1. The van der Waals surface area contributed by atoms with Crippen molar-refractivity contribution in [3.8, 4) is 6.07 Å². The summed E-state index contributed by atoms with van der Waals surface area (Å²) in [6.45, 7) is 5.18. The van der Waals surface area contributed by atoms with E-state index in [4.69, 9.17) is 5.26 Å². The molecule has 1 heterocycles. The molecule has 1 saturated heterocycles. The van der Waals surface area contributed by atoms with Crippen LogP contribution in [-0.4, -0.2) is 30.6 Å². The summed E-state index contributed by atoms with van der Waals surface area (Å²) in [6.07, 6.45) is 3.83. The van der Waals surface area contributed by atoms with Gasteiger partial charge in [-0.3, -0.25) is 4.90 Å². The molecule has 0 aromatic heterocycles. The van der Waals surface area contributed by atoms with Gasteiger partial charge >= 0.3 is 0 Å². The van der Waals surface area contributed by atoms with E-state index in [9.17, 15) is 4.39 Å². The van der Waals surface area contributed by atoms with E-state index in [1.54, 1.807) is 12.1 Å². The minimum atomic E-state index is -0.460. The topological polar surface area (TPSA) is 39.1 Å². The summed E-state index contributed by atoms with van der Waals surface area (Å²) >= 11 is 0. The first kappa shape index (κ1) is 13.8. The van der Waals surface area contributed by atoms with E-state index >= 15 is 0 Å². The predicted octanol–water partition coefficient (Wildman–Crippen LogP) is 2.98. The molecule has 3 nitrogen and oxygen atoms in total. The number of nitrogens with zero attached hydrogens (tertiary/aromatic N) is 2. The van der Waals surface area contributed by atoms with E-state index in [1.807, 2.05) is 6.07 Å². The van der Waals surface area contributed by atoms with Crippen LogP contribution >= 0.6 is 0 Å². The summed E-state index contributed by atoms with van der Waals surface area (Å²) in [6, 6.07) is 7.02. The van der Waals surface area contributed by atoms with Gasteiger partial charge in [0.2, 0.25) is 0 Å². The molecule has 0 saturated carbocycles. The van der Waals surface area contributed by atoms with Crippen LogP contribution < -0.4 is 5.32 Å². The molecular formula is C15H20FN3. The maximum absolute atomic E-state index is 13.5. The molecule has 1 aliphatic rings. The molecule has 0 bridgehead atoms. The molecule has 0 amide bonds. The molecule has 1 fully saturated rings. The van der Waals surface area contributed by atoms with Crippen LogP contribution in [0.1, 0.15) is 31.7 Å². The highest BCUT2D eigenvalue weighted by Gasteiger charge is 2.17. The van der Waals surface area contributed by atoms with Gasteiger partial charge in [-0.15, -0.1) is 0 Å². The molecule has 1 aromatic rings. The summed E-state index contributed by atoms with van der Waals surface area (Å²) in [5.74, 6) is -0.460. The molecule has 19 heavy (non-hydrogen) atoms. The average molecular weight is 261 g/mol. The van der Waals surface area contributed by atoms with Crippen LogP contribution in [0.25, 0.3) is 0 Å². The molecule has 4 heteroatoms. The van der Waals surface area contributed by atoms with Gasteiger partial charge in [0.25, 0.3) is 0 Å². The summed E-state index contributed by atoms with van der Waals surface area (Å²) in [4.78, 5) is 2.45. The number of hydrogen-bond acceptors (Lipinski definition) is 3. The number of anilines is 1. The molecule has 2 rings (SSSR count). The lowest BCUT2D eigenvalue weighted by Gasteiger charge is -2.32. The number of piperidine rings is 1. The quantitative estimate of drug-likeness (QED) is 0.905. The van der Waals surface area contributed by atoms with Crippen molar-refractivity contribution in [2.75, 3.05) is 25.0 Å². The van der Waals surface area contributed by atoms with Crippen LogP contribution in [0.2, 0.25) is 0 Å². The Labute approximate surface area is 114 Å². The molecule has 1 N–H and O–H groups in total. The molecule has 1 aromatic carbocycles. The second kappa shape index (κ2) is 6.53. The summed E-state index contributed by atoms with van der Waals surface area (Å²) < 4.78 is 13.5. The van der Waals surface area contributed by atoms with Crippen molar-refractivity contribution in [3.05, 3.63) is 29.6 Å². The third-order valence-corrected chi connectivity index (χ3v) is 3.73. The molecule has 1 aliphatic heterocycles. The fraction of sp³-hybridized carbons (Fsp3) is 0.533. The number of nitriles is 1. The molecule has 0 radical (unpaired) electrons. The second-order valence-electron chi connectivity index (χ2n) is 5.10. The van der Waals surface area contributed by atoms with E-state index in [1.165, 1.54) is 25.3 Å². The van der Waals surface area contributed by atoms with E-state index in [0.29, 0.717) is 11.7 Å². The molecule has 0 spiro atoms. The lowest BCUT2D eigenvalue weighted by atomic mass is 10.1. The highest BCUT2D eigenvalue weighted by molar-refractivity contribution is 5.57. The van der Waals surface area contributed by atoms with Crippen molar-refractivity contribution in [2.45, 2.75) is 32.2 Å². The smallest absolute Gasteiger partial charge is 0.143 e. The Morgan fingerprint density at radius 3 is 2.79 bits per heavy atom. The van der Waals surface area contributed by atoms with Crippen LogP contribution in [0.5, 0.6) is 0 Å². The minimum Gasteiger partial charge on any atom is -0.382 e. The van der Waals surface area contributed by atoms with E-state index in [-0.39, 0.29) is 5.56 Å². The normalized spacial score (nSPS) is 17.7. The predicted molar refractivity (Wildman–Crippen MR) is 74.5 cm³/mol. The maximum atomic E-state index is 13.5. The summed E-state index contributed by atoms with van der Waals surface area (Å²) in [5, 5.41) is 12.2. The lowest BCUT2D eigenvalue weighted by molar-refractivity contribution is 0.180. The number of benzene rings is 1. The van der Waals surface area contributed by atoms with Gasteiger partial charge in [-0.05, 0) is 45.0 Å². The zero-order valence-electron chi connectivity index (χ0n) is 11.3. The van der Waals surface area contributed by atoms with Crippen molar-refractivity contribution in [3.63, 3.8) is 0 Å². The third-order valence-electron chi connectivity index (χ3n) is 3.73. The molecular weight excluding hydrogens is 241 g/mol. The van der Waals surface area contributed by atoms with Crippen molar-refractivity contribution in [1.82, 2.24) is 4.90 Å². The highest BCUT2D eigenvalue weighted by Crippen LogP contribution is 2.18. The Hall–Kier alpha value is -1.60. The Bertz CT molecular complexity index is 461. The number of rotatable bonds is 4. The van der Waals surface area contributed by atoms with Gasteiger partial charge in [-0.1, -0.05) is 12.5 Å². The van der Waals surface area contributed by atoms with Crippen LogP contribution in [0.15, 0.2) is 18.2 Å². The Balaban J connectivity index is 1.95. The zero-order chi connectivity index (χ0) is 13.7. The van der Waals surface area contributed by atoms with Gasteiger partial charge in [0.15, 0.2) is 0 Å². The fourth-order valence-corrected chi connectivity index (χ4v) is 2.53. The number of hydrogen-bond donors (Lipinski definition) is 1. The van der Waals surface area contributed by atoms with E-state index in [0.717, 1.165) is 19.6 Å². The standard InChI is InChI=1S/C15H20FN3/c1-12(19-8-3-2-4-9-19)11-18-15-7-5-6-14(16)13(15)10-17/h5-7,12,18H,2-4,8-9,11H2,1H3. The number of nitrogens with one attached hydrogen (secondary N) is 1. The van der Waals surface area contributed by atoms with Crippen molar-refractivity contribution < 1.29 is 4.39 Å².